The van der Waals surface area contributed by atoms with Gasteiger partial charge in [0.25, 0.3) is 0 Å². The molecule has 52 heavy (non-hydrogen) atoms. The Hall–Kier alpha value is -4.81. The highest BCUT2D eigenvalue weighted by Gasteiger charge is 2.23. The highest BCUT2D eigenvalue weighted by molar-refractivity contribution is 5.97. The monoisotopic (exact) mass is 708 g/mol. The Morgan fingerprint density at radius 2 is 1.67 bits per heavy atom. The van der Waals surface area contributed by atoms with E-state index in [0.29, 0.717) is 32.7 Å². The Balaban J connectivity index is 1.06. The largest absolute Gasteiger partial charge is 0.381 e. The van der Waals surface area contributed by atoms with Gasteiger partial charge in [-0.3, -0.25) is 19.3 Å². The third kappa shape index (κ3) is 8.97. The highest BCUT2D eigenvalue weighted by atomic mass is 16.5. The average Bonchev–Trinajstić information content (AvgIpc) is 3.57. The molecule has 0 saturated carbocycles. The first-order valence-electron chi connectivity index (χ1n) is 18.6. The van der Waals surface area contributed by atoms with E-state index in [2.05, 4.69) is 76.2 Å². The molecular weight excluding hydrogens is 656 g/mol. The fourth-order valence-corrected chi connectivity index (χ4v) is 7.17. The van der Waals surface area contributed by atoms with Crippen molar-refractivity contribution in [3.8, 4) is 11.1 Å². The predicted molar refractivity (Wildman–Crippen MR) is 203 cm³/mol. The van der Waals surface area contributed by atoms with Gasteiger partial charge in [0, 0.05) is 89.8 Å². The number of aryl methyl sites for hydroxylation is 3. The number of benzene rings is 2. The van der Waals surface area contributed by atoms with Gasteiger partial charge in [0.05, 0.1) is 17.3 Å². The van der Waals surface area contributed by atoms with Crippen molar-refractivity contribution in [3.05, 3.63) is 76.6 Å². The SMILES string of the molecule is CCc1nc2c(cnn2CC)c(NC2CCOCC2)c1CNC(=O)CC(=O)NCc1ccc(C)c(-c2cccc(CN3CCN(C(C)=O)CC3)c2)c1. The number of hydrogen-bond acceptors (Lipinski definition) is 8. The smallest absolute Gasteiger partial charge is 0.229 e. The molecule has 276 valence electrons. The van der Waals surface area contributed by atoms with Crippen LogP contribution in [0, 0.1) is 6.92 Å². The minimum atomic E-state index is -0.343. The second kappa shape index (κ2) is 17.1. The van der Waals surface area contributed by atoms with E-state index >= 15 is 0 Å². The average molecular weight is 709 g/mol. The molecule has 0 radical (unpaired) electrons. The van der Waals surface area contributed by atoms with Crippen LogP contribution < -0.4 is 16.0 Å². The van der Waals surface area contributed by atoms with E-state index in [1.54, 1.807) is 6.92 Å². The molecule has 2 saturated heterocycles. The number of nitrogens with zero attached hydrogens (tertiary/aromatic N) is 5. The molecule has 12 nitrogen and oxygen atoms in total. The second-order valence-corrected chi connectivity index (χ2v) is 13.9. The minimum Gasteiger partial charge on any atom is -0.381 e. The predicted octanol–water partition coefficient (Wildman–Crippen LogP) is 4.57. The number of fused-ring (bicyclic) bond motifs is 1. The van der Waals surface area contributed by atoms with E-state index in [4.69, 9.17) is 9.72 Å². The van der Waals surface area contributed by atoms with E-state index in [1.807, 2.05) is 28.8 Å². The number of ether oxygens (including phenoxy) is 1. The Morgan fingerprint density at radius 3 is 2.38 bits per heavy atom. The molecule has 12 heteroatoms. The lowest BCUT2D eigenvalue weighted by molar-refractivity contribution is -0.131. The topological polar surface area (TPSA) is 134 Å². The zero-order valence-corrected chi connectivity index (χ0v) is 31.0. The summed E-state index contributed by atoms with van der Waals surface area (Å²) in [4.78, 5) is 47.0. The third-order valence-electron chi connectivity index (χ3n) is 10.2. The fraction of sp³-hybridized carbons (Fsp3) is 0.475. The molecule has 4 heterocycles. The summed E-state index contributed by atoms with van der Waals surface area (Å²) in [5, 5.41) is 15.2. The first kappa shape index (κ1) is 37.0. The van der Waals surface area contributed by atoms with Gasteiger partial charge in [0.15, 0.2) is 5.65 Å². The quantitative estimate of drug-likeness (QED) is 0.172. The van der Waals surface area contributed by atoms with Crippen LogP contribution in [-0.2, 0) is 51.7 Å². The maximum atomic E-state index is 13.1. The van der Waals surface area contributed by atoms with Crippen molar-refractivity contribution in [3.63, 3.8) is 0 Å². The lowest BCUT2D eigenvalue weighted by Gasteiger charge is -2.34. The Morgan fingerprint density at radius 1 is 0.923 bits per heavy atom. The molecule has 2 aliphatic heterocycles. The lowest BCUT2D eigenvalue weighted by Crippen LogP contribution is -2.47. The van der Waals surface area contributed by atoms with Crippen LogP contribution in [0.15, 0.2) is 48.7 Å². The molecule has 0 atom stereocenters. The van der Waals surface area contributed by atoms with Crippen LogP contribution in [0.25, 0.3) is 22.2 Å². The van der Waals surface area contributed by atoms with Crippen LogP contribution in [0.2, 0.25) is 0 Å². The number of carbonyl (C=O) groups excluding carboxylic acids is 3. The van der Waals surface area contributed by atoms with Crippen LogP contribution in [-0.4, -0.2) is 87.7 Å². The minimum absolute atomic E-state index is 0.137. The Bertz CT molecular complexity index is 1890. The highest BCUT2D eigenvalue weighted by Crippen LogP contribution is 2.31. The lowest BCUT2D eigenvalue weighted by atomic mass is 9.96. The maximum absolute atomic E-state index is 13.1. The number of anilines is 1. The first-order valence-corrected chi connectivity index (χ1v) is 18.6. The van der Waals surface area contributed by atoms with Gasteiger partial charge in [-0.15, -0.1) is 0 Å². The molecule has 2 aromatic heterocycles. The number of carbonyl (C=O) groups is 3. The summed E-state index contributed by atoms with van der Waals surface area (Å²) < 4.78 is 7.47. The third-order valence-corrected chi connectivity index (χ3v) is 10.2. The summed E-state index contributed by atoms with van der Waals surface area (Å²) in [6.45, 7) is 14.6. The van der Waals surface area contributed by atoms with Gasteiger partial charge in [-0.1, -0.05) is 37.3 Å². The van der Waals surface area contributed by atoms with E-state index in [9.17, 15) is 14.4 Å². The molecule has 2 fully saturated rings. The molecular formula is C40H52N8O4. The van der Waals surface area contributed by atoms with Crippen molar-refractivity contribution in [2.24, 2.45) is 0 Å². The van der Waals surface area contributed by atoms with E-state index in [1.165, 1.54) is 5.56 Å². The second-order valence-electron chi connectivity index (χ2n) is 13.9. The number of nitrogens with one attached hydrogen (secondary N) is 3. The van der Waals surface area contributed by atoms with Crippen molar-refractivity contribution < 1.29 is 19.1 Å². The fourth-order valence-electron chi connectivity index (χ4n) is 7.17. The van der Waals surface area contributed by atoms with Crippen LogP contribution in [0.3, 0.4) is 0 Å². The van der Waals surface area contributed by atoms with Crippen molar-refractivity contribution >= 4 is 34.4 Å². The Labute approximate surface area is 306 Å². The molecule has 2 aliphatic rings. The molecule has 3 amide bonds. The van der Waals surface area contributed by atoms with Crippen LogP contribution in [0.5, 0.6) is 0 Å². The summed E-state index contributed by atoms with van der Waals surface area (Å²) >= 11 is 0. The van der Waals surface area contributed by atoms with E-state index < -0.39 is 0 Å². The van der Waals surface area contributed by atoms with Gasteiger partial charge < -0.3 is 25.6 Å². The first-order chi connectivity index (χ1) is 25.2. The maximum Gasteiger partial charge on any atom is 0.229 e. The molecule has 4 aromatic rings. The van der Waals surface area contributed by atoms with Gasteiger partial charge >= 0.3 is 0 Å². The number of rotatable bonds is 13. The number of amides is 3. The zero-order valence-electron chi connectivity index (χ0n) is 31.0. The van der Waals surface area contributed by atoms with Crippen molar-refractivity contribution in [2.75, 3.05) is 44.7 Å². The molecule has 0 bridgehead atoms. The molecule has 3 N–H and O–H groups in total. The summed E-state index contributed by atoms with van der Waals surface area (Å²) in [6, 6.07) is 15.0. The number of piperazine rings is 1. The molecule has 0 aliphatic carbocycles. The Kier molecular flexibility index (Phi) is 12.2. The molecule has 2 aromatic carbocycles. The summed E-state index contributed by atoms with van der Waals surface area (Å²) in [6.07, 6.45) is 4.07. The van der Waals surface area contributed by atoms with Crippen LogP contribution in [0.4, 0.5) is 5.69 Å². The van der Waals surface area contributed by atoms with Gasteiger partial charge in [0.2, 0.25) is 17.7 Å². The molecule has 0 spiro atoms. The van der Waals surface area contributed by atoms with Gasteiger partial charge in [-0.25, -0.2) is 9.67 Å². The van der Waals surface area contributed by atoms with Crippen LogP contribution in [0.1, 0.15) is 68.0 Å². The standard InChI is InChI=1S/C40H52N8O4/c1-5-36-34(39(44-32-12-18-52-19-13-32)35-25-43-48(6-2)40(35)45-36)24-42-38(51)22-37(50)41-23-29-11-10-27(3)33(21-29)31-9-7-8-30(20-31)26-46-14-16-47(17-15-46)28(4)49/h7-11,20-21,25,32H,5-6,12-19,22-24,26H2,1-4H3,(H,41,50)(H,42,51)(H,44,45). The summed E-state index contributed by atoms with van der Waals surface area (Å²) in [7, 11) is 0. The van der Waals surface area contributed by atoms with E-state index in [0.717, 1.165) is 95.8 Å². The number of aromatic nitrogens is 3. The number of hydrogen-bond donors (Lipinski definition) is 3. The van der Waals surface area contributed by atoms with Crippen molar-refractivity contribution in [2.45, 2.75) is 85.6 Å². The van der Waals surface area contributed by atoms with Crippen LogP contribution >= 0.6 is 0 Å². The number of pyridine rings is 1. The zero-order chi connectivity index (χ0) is 36.6. The van der Waals surface area contributed by atoms with E-state index in [-0.39, 0.29) is 36.7 Å². The molecule has 6 rings (SSSR count). The van der Waals surface area contributed by atoms with Gasteiger partial charge in [-0.2, -0.15) is 5.10 Å². The summed E-state index contributed by atoms with van der Waals surface area (Å²) in [5.41, 5.74) is 9.17. The van der Waals surface area contributed by atoms with Gasteiger partial charge in [-0.05, 0) is 73.1 Å². The molecule has 0 unspecified atom stereocenters. The summed E-state index contributed by atoms with van der Waals surface area (Å²) in [5.74, 6) is -0.538. The van der Waals surface area contributed by atoms with Crippen molar-refractivity contribution in [1.82, 2.24) is 35.2 Å². The normalized spacial score (nSPS) is 15.5. The van der Waals surface area contributed by atoms with Crippen molar-refractivity contribution in [1.29, 1.82) is 0 Å². The van der Waals surface area contributed by atoms with Gasteiger partial charge in [0.1, 0.15) is 6.42 Å².